The standard InChI is InChI=1S/C37H55N7O6/c1-7-11-24(28(45)33(49)40-23-14-15-23)41-31(47)26-18-37(20-36(37,5)6)21-44(26)34(50)29(35(2,3)4)43-32(48)27(22-12-9-8-10-13-22)42-30(46)25-19-38-16-17-39-25/h16-17,19,22-24,26-27,29H,7-15,18,20-21H2,1-6H3,(H,40,49)(H,41,47)(H,42,46)(H,43,48)/t24-,26?,27-,29-,37+/m1/s1. The van der Waals surface area contributed by atoms with Crippen LogP contribution in [0.1, 0.15) is 123 Å². The highest BCUT2D eigenvalue weighted by Crippen LogP contribution is 2.69. The number of carbonyl (C=O) groups excluding carboxylic acids is 6. The molecule has 4 N–H and O–H groups in total. The van der Waals surface area contributed by atoms with Gasteiger partial charge in [-0.3, -0.25) is 33.8 Å². The van der Waals surface area contributed by atoms with Crippen LogP contribution in [0, 0.1) is 22.2 Å². The van der Waals surface area contributed by atoms with Crippen molar-refractivity contribution >= 4 is 35.3 Å². The zero-order valence-corrected chi connectivity index (χ0v) is 30.5. The summed E-state index contributed by atoms with van der Waals surface area (Å²) in [6, 6.07) is -3.78. The lowest BCUT2D eigenvalue weighted by atomic mass is 9.82. The third-order valence-electron chi connectivity index (χ3n) is 11.3. The lowest BCUT2D eigenvalue weighted by Gasteiger charge is -2.37. The minimum atomic E-state index is -1.01. The molecule has 5 atom stereocenters. The van der Waals surface area contributed by atoms with E-state index in [2.05, 4.69) is 45.1 Å². The Morgan fingerprint density at radius 3 is 2.20 bits per heavy atom. The lowest BCUT2D eigenvalue weighted by Crippen LogP contribution is -2.62. The van der Waals surface area contributed by atoms with Gasteiger partial charge in [0.2, 0.25) is 23.5 Å². The number of Topliss-reactive ketones (excluding diaryl/α,β-unsaturated/α-hetero) is 1. The maximum Gasteiger partial charge on any atom is 0.289 e. The number of amides is 5. The van der Waals surface area contributed by atoms with Gasteiger partial charge in [0.1, 0.15) is 23.8 Å². The Labute approximate surface area is 295 Å². The molecular formula is C37H55N7O6. The summed E-state index contributed by atoms with van der Waals surface area (Å²) in [5, 5.41) is 11.5. The molecule has 1 unspecified atom stereocenters. The van der Waals surface area contributed by atoms with Crippen LogP contribution in [0.5, 0.6) is 0 Å². The number of likely N-dealkylation sites (tertiary alicyclic amines) is 1. The fourth-order valence-corrected chi connectivity index (χ4v) is 7.88. The van der Waals surface area contributed by atoms with Crippen LogP contribution >= 0.6 is 0 Å². The quantitative estimate of drug-likeness (QED) is 0.228. The fraction of sp³-hybridized carbons (Fsp3) is 0.730. The molecule has 3 aliphatic carbocycles. The second kappa shape index (κ2) is 14.8. The summed E-state index contributed by atoms with van der Waals surface area (Å²) < 4.78 is 0. The Bertz CT molecular complexity index is 1470. The number of nitrogens with zero attached hydrogens (tertiary/aromatic N) is 3. The summed E-state index contributed by atoms with van der Waals surface area (Å²) in [6.45, 7) is 12.0. The summed E-state index contributed by atoms with van der Waals surface area (Å²) in [4.78, 5) is 91.6. The SMILES string of the molecule is CCC[C@@H](NC(=O)C1C[C@@]2(CN1C(=O)[C@@H](NC(=O)[C@H](NC(=O)c1cnccn1)C1CCCCC1)C(C)(C)C)CC2(C)C)C(=O)C(=O)NC1CC1. The minimum absolute atomic E-state index is 0.00640. The van der Waals surface area contributed by atoms with Gasteiger partial charge in [-0.2, -0.15) is 0 Å². The first-order chi connectivity index (χ1) is 23.6. The highest BCUT2D eigenvalue weighted by atomic mass is 16.2. The summed E-state index contributed by atoms with van der Waals surface area (Å²) in [5.41, 5.74) is -1.03. The van der Waals surface area contributed by atoms with Gasteiger partial charge >= 0.3 is 0 Å². The normalized spacial score (nSPS) is 24.8. The maximum atomic E-state index is 14.7. The smallest absolute Gasteiger partial charge is 0.289 e. The molecule has 1 aromatic rings. The number of rotatable bonds is 13. The van der Waals surface area contributed by atoms with Gasteiger partial charge in [0.25, 0.3) is 11.8 Å². The molecule has 13 nitrogen and oxygen atoms in total. The van der Waals surface area contributed by atoms with E-state index in [1.54, 1.807) is 4.90 Å². The second-order valence-electron chi connectivity index (χ2n) is 16.7. The molecule has 4 fully saturated rings. The molecule has 0 bridgehead atoms. The number of hydrogen-bond acceptors (Lipinski definition) is 8. The molecule has 1 saturated heterocycles. The maximum absolute atomic E-state index is 14.7. The van der Waals surface area contributed by atoms with E-state index in [4.69, 9.17) is 0 Å². The van der Waals surface area contributed by atoms with E-state index in [0.29, 0.717) is 25.8 Å². The molecule has 13 heteroatoms. The van der Waals surface area contributed by atoms with E-state index in [-0.39, 0.29) is 28.5 Å². The fourth-order valence-electron chi connectivity index (χ4n) is 7.88. The molecule has 4 aliphatic rings. The summed E-state index contributed by atoms with van der Waals surface area (Å²) in [6.07, 6.45) is 12.5. The van der Waals surface area contributed by atoms with Gasteiger partial charge in [-0.1, -0.05) is 67.2 Å². The van der Waals surface area contributed by atoms with E-state index in [1.807, 2.05) is 27.7 Å². The van der Waals surface area contributed by atoms with Crippen molar-refractivity contribution in [3.05, 3.63) is 24.3 Å². The van der Waals surface area contributed by atoms with Crippen molar-refractivity contribution in [1.29, 1.82) is 0 Å². The van der Waals surface area contributed by atoms with Crippen LogP contribution < -0.4 is 21.3 Å². The average Bonchev–Trinajstić information content (AvgIpc) is 3.94. The van der Waals surface area contributed by atoms with E-state index in [9.17, 15) is 28.8 Å². The largest absolute Gasteiger partial charge is 0.347 e. The van der Waals surface area contributed by atoms with Crippen LogP contribution in [0.3, 0.4) is 0 Å². The first-order valence-electron chi connectivity index (χ1n) is 18.4. The van der Waals surface area contributed by atoms with E-state index in [0.717, 1.165) is 51.4 Å². The van der Waals surface area contributed by atoms with E-state index in [1.165, 1.54) is 18.6 Å². The topological polar surface area (TPSA) is 180 Å². The number of hydrogen-bond donors (Lipinski definition) is 4. The first-order valence-corrected chi connectivity index (χ1v) is 18.4. The minimum Gasteiger partial charge on any atom is -0.347 e. The van der Waals surface area contributed by atoms with E-state index < -0.39 is 64.9 Å². The Morgan fingerprint density at radius 1 is 0.960 bits per heavy atom. The predicted octanol–water partition coefficient (Wildman–Crippen LogP) is 2.84. The van der Waals surface area contributed by atoms with Gasteiger partial charge in [0, 0.05) is 25.0 Å². The highest BCUT2D eigenvalue weighted by molar-refractivity contribution is 6.38. The van der Waals surface area contributed by atoms with Crippen LogP contribution in [-0.2, 0) is 24.0 Å². The molecular weight excluding hydrogens is 638 g/mol. The molecule has 2 heterocycles. The van der Waals surface area contributed by atoms with Crippen LogP contribution in [0.25, 0.3) is 0 Å². The molecule has 1 aliphatic heterocycles. The molecule has 5 rings (SSSR count). The lowest BCUT2D eigenvalue weighted by molar-refractivity contribution is -0.145. The van der Waals surface area contributed by atoms with Crippen LogP contribution in [0.4, 0.5) is 0 Å². The van der Waals surface area contributed by atoms with Crippen molar-refractivity contribution in [3.8, 4) is 0 Å². The monoisotopic (exact) mass is 693 g/mol. The summed E-state index contributed by atoms with van der Waals surface area (Å²) >= 11 is 0. The highest BCUT2D eigenvalue weighted by Gasteiger charge is 2.67. The van der Waals surface area contributed by atoms with Crippen molar-refractivity contribution in [3.63, 3.8) is 0 Å². The molecule has 50 heavy (non-hydrogen) atoms. The van der Waals surface area contributed by atoms with Crippen molar-refractivity contribution < 1.29 is 28.8 Å². The third-order valence-corrected chi connectivity index (χ3v) is 11.3. The van der Waals surface area contributed by atoms with Gasteiger partial charge in [-0.05, 0) is 67.1 Å². The number of carbonyl (C=O) groups is 6. The molecule has 3 saturated carbocycles. The average molecular weight is 694 g/mol. The second-order valence-corrected chi connectivity index (χ2v) is 16.7. The Morgan fingerprint density at radius 2 is 1.64 bits per heavy atom. The molecule has 1 spiro atoms. The Balaban J connectivity index is 1.37. The van der Waals surface area contributed by atoms with Crippen molar-refractivity contribution in [2.45, 2.75) is 142 Å². The molecule has 1 aromatic heterocycles. The van der Waals surface area contributed by atoms with Crippen molar-refractivity contribution in [2.75, 3.05) is 6.54 Å². The number of aromatic nitrogens is 2. The first kappa shape index (κ1) is 37.4. The zero-order valence-electron chi connectivity index (χ0n) is 30.5. The number of nitrogens with one attached hydrogen (secondary N) is 4. The van der Waals surface area contributed by atoms with Gasteiger partial charge in [0.05, 0.1) is 12.2 Å². The number of ketones is 1. The van der Waals surface area contributed by atoms with Crippen molar-refractivity contribution in [2.24, 2.45) is 22.2 Å². The van der Waals surface area contributed by atoms with E-state index >= 15 is 0 Å². The van der Waals surface area contributed by atoms with Gasteiger partial charge in [0.15, 0.2) is 0 Å². The summed E-state index contributed by atoms with van der Waals surface area (Å²) in [5.74, 6) is -3.33. The zero-order chi connectivity index (χ0) is 36.4. The Kier molecular flexibility index (Phi) is 11.0. The third kappa shape index (κ3) is 8.34. The van der Waals surface area contributed by atoms with Crippen LogP contribution in [0.2, 0.25) is 0 Å². The molecule has 5 amide bonds. The molecule has 0 radical (unpaired) electrons. The predicted molar refractivity (Wildman–Crippen MR) is 185 cm³/mol. The van der Waals surface area contributed by atoms with Gasteiger partial charge in [-0.25, -0.2) is 4.98 Å². The van der Waals surface area contributed by atoms with Crippen molar-refractivity contribution in [1.82, 2.24) is 36.1 Å². The molecule has 274 valence electrons. The van der Waals surface area contributed by atoms with Gasteiger partial charge in [-0.15, -0.1) is 0 Å². The van der Waals surface area contributed by atoms with Crippen LogP contribution in [-0.4, -0.2) is 86.9 Å². The van der Waals surface area contributed by atoms with Crippen LogP contribution in [0.15, 0.2) is 18.6 Å². The molecule has 0 aromatic carbocycles. The Hall–Kier alpha value is -3.90. The summed E-state index contributed by atoms with van der Waals surface area (Å²) in [7, 11) is 0. The van der Waals surface area contributed by atoms with Gasteiger partial charge < -0.3 is 26.2 Å².